The van der Waals surface area contributed by atoms with Crippen LogP contribution in [0.3, 0.4) is 0 Å². The van der Waals surface area contributed by atoms with E-state index in [0.29, 0.717) is 22.9 Å². The summed E-state index contributed by atoms with van der Waals surface area (Å²) in [5.74, 6) is 0.111. The molecule has 0 aromatic heterocycles. The number of hydrogen-bond donors (Lipinski definition) is 1. The van der Waals surface area contributed by atoms with Crippen molar-refractivity contribution in [3.63, 3.8) is 0 Å². The Kier molecular flexibility index (Phi) is 7.97. The smallest absolute Gasteiger partial charge is 0.222 e. The topological polar surface area (TPSA) is 40.5 Å². The van der Waals surface area contributed by atoms with Crippen LogP contribution in [0.15, 0.2) is 18.2 Å². The molecule has 20 heavy (non-hydrogen) atoms. The molecule has 0 fully saturated rings. The Morgan fingerprint density at radius 3 is 2.65 bits per heavy atom. The number of halogens is 2. The van der Waals surface area contributed by atoms with Gasteiger partial charge >= 0.3 is 0 Å². The van der Waals surface area contributed by atoms with Crippen molar-refractivity contribution < 1.29 is 9.90 Å². The van der Waals surface area contributed by atoms with E-state index in [4.69, 9.17) is 28.3 Å². The van der Waals surface area contributed by atoms with Gasteiger partial charge in [-0.2, -0.15) is 0 Å². The Morgan fingerprint density at radius 1 is 1.25 bits per heavy atom. The second-order valence-electron chi connectivity index (χ2n) is 4.84. The number of benzene rings is 1. The van der Waals surface area contributed by atoms with E-state index in [-0.39, 0.29) is 12.5 Å². The molecule has 5 heteroatoms. The number of aliphatic hydroxyl groups excluding tert-OH is 1. The molecule has 1 rings (SSSR count). The van der Waals surface area contributed by atoms with Gasteiger partial charge in [0.15, 0.2) is 0 Å². The van der Waals surface area contributed by atoms with Crippen molar-refractivity contribution in [1.82, 2.24) is 4.90 Å². The normalized spacial score (nSPS) is 10.6. The number of unbranched alkanes of at least 4 members (excludes halogenated alkanes) is 2. The highest BCUT2D eigenvalue weighted by Gasteiger charge is 2.10. The van der Waals surface area contributed by atoms with E-state index in [1.807, 2.05) is 13.1 Å². The number of aryl methyl sites for hydroxylation is 1. The molecule has 0 aliphatic heterocycles. The van der Waals surface area contributed by atoms with Crippen molar-refractivity contribution in [2.75, 3.05) is 20.2 Å². The van der Waals surface area contributed by atoms with Crippen LogP contribution in [0.4, 0.5) is 0 Å². The minimum Gasteiger partial charge on any atom is -0.396 e. The Morgan fingerprint density at radius 2 is 2.00 bits per heavy atom. The molecule has 0 atom stereocenters. The van der Waals surface area contributed by atoms with Crippen molar-refractivity contribution in [3.05, 3.63) is 33.8 Å². The van der Waals surface area contributed by atoms with Gasteiger partial charge in [-0.15, -0.1) is 0 Å². The molecule has 3 nitrogen and oxygen atoms in total. The SMILES string of the molecule is CN(CCCCCO)C(=O)CCc1ccc(Cl)cc1Cl. The monoisotopic (exact) mass is 317 g/mol. The van der Waals surface area contributed by atoms with E-state index in [9.17, 15) is 4.79 Å². The fourth-order valence-electron chi connectivity index (χ4n) is 1.92. The maximum absolute atomic E-state index is 12.0. The minimum absolute atomic E-state index is 0.111. The second kappa shape index (κ2) is 9.22. The van der Waals surface area contributed by atoms with Gasteiger partial charge in [-0.3, -0.25) is 4.79 Å². The van der Waals surface area contributed by atoms with Crippen LogP contribution >= 0.6 is 23.2 Å². The first-order chi connectivity index (χ1) is 9.54. The number of nitrogens with zero attached hydrogens (tertiary/aromatic N) is 1. The molecule has 112 valence electrons. The first-order valence-corrected chi connectivity index (χ1v) is 7.59. The third-order valence-electron chi connectivity index (χ3n) is 3.20. The molecule has 0 aliphatic carbocycles. The van der Waals surface area contributed by atoms with E-state index >= 15 is 0 Å². The highest BCUT2D eigenvalue weighted by atomic mass is 35.5. The highest BCUT2D eigenvalue weighted by molar-refractivity contribution is 6.35. The van der Waals surface area contributed by atoms with E-state index in [0.717, 1.165) is 31.4 Å². The number of rotatable bonds is 8. The third-order valence-corrected chi connectivity index (χ3v) is 3.79. The first-order valence-electron chi connectivity index (χ1n) is 6.83. The summed E-state index contributed by atoms with van der Waals surface area (Å²) in [4.78, 5) is 13.7. The van der Waals surface area contributed by atoms with E-state index < -0.39 is 0 Å². The van der Waals surface area contributed by atoms with Crippen LogP contribution < -0.4 is 0 Å². The molecule has 1 aromatic carbocycles. The van der Waals surface area contributed by atoms with Crippen LogP contribution in [-0.4, -0.2) is 36.1 Å². The van der Waals surface area contributed by atoms with E-state index in [1.165, 1.54) is 0 Å². The molecule has 0 unspecified atom stereocenters. The molecule has 0 saturated heterocycles. The summed E-state index contributed by atoms with van der Waals surface area (Å²) in [5, 5.41) is 9.90. The summed E-state index contributed by atoms with van der Waals surface area (Å²) < 4.78 is 0. The molecular formula is C15H21Cl2NO2. The first kappa shape index (κ1) is 17.3. The lowest BCUT2D eigenvalue weighted by molar-refractivity contribution is -0.129. The van der Waals surface area contributed by atoms with Crippen molar-refractivity contribution in [3.8, 4) is 0 Å². The van der Waals surface area contributed by atoms with Gasteiger partial charge in [0, 0.05) is 36.7 Å². The summed E-state index contributed by atoms with van der Waals surface area (Å²) in [5.41, 5.74) is 0.943. The quantitative estimate of drug-likeness (QED) is 0.745. The van der Waals surface area contributed by atoms with Gasteiger partial charge in [-0.1, -0.05) is 29.3 Å². The number of carbonyl (C=O) groups excluding carboxylic acids is 1. The van der Waals surface area contributed by atoms with Gasteiger partial charge in [0.1, 0.15) is 0 Å². The lowest BCUT2D eigenvalue weighted by Crippen LogP contribution is -2.27. The maximum atomic E-state index is 12.0. The summed E-state index contributed by atoms with van der Waals surface area (Å²) in [6.07, 6.45) is 3.72. The minimum atomic E-state index is 0.111. The van der Waals surface area contributed by atoms with Crippen molar-refractivity contribution in [2.45, 2.75) is 32.1 Å². The van der Waals surface area contributed by atoms with Crippen LogP contribution in [-0.2, 0) is 11.2 Å². The van der Waals surface area contributed by atoms with Crippen LogP contribution in [0.25, 0.3) is 0 Å². The molecule has 1 aromatic rings. The Bertz CT molecular complexity index is 438. The number of aliphatic hydroxyl groups is 1. The van der Waals surface area contributed by atoms with Crippen LogP contribution in [0.1, 0.15) is 31.2 Å². The molecule has 1 amide bonds. The van der Waals surface area contributed by atoms with Gasteiger partial charge in [0.2, 0.25) is 5.91 Å². The van der Waals surface area contributed by atoms with E-state index in [1.54, 1.807) is 17.0 Å². The highest BCUT2D eigenvalue weighted by Crippen LogP contribution is 2.22. The molecule has 1 N–H and O–H groups in total. The van der Waals surface area contributed by atoms with Gasteiger partial charge < -0.3 is 10.0 Å². The van der Waals surface area contributed by atoms with Gasteiger partial charge in [0.25, 0.3) is 0 Å². The van der Waals surface area contributed by atoms with Gasteiger partial charge in [-0.05, 0) is 43.4 Å². The number of hydrogen-bond acceptors (Lipinski definition) is 2. The average molecular weight is 318 g/mol. The zero-order valence-electron chi connectivity index (χ0n) is 11.7. The van der Waals surface area contributed by atoms with Crippen LogP contribution in [0.5, 0.6) is 0 Å². The molecular weight excluding hydrogens is 297 g/mol. The Balaban J connectivity index is 2.34. The average Bonchev–Trinajstić information content (AvgIpc) is 2.42. The van der Waals surface area contributed by atoms with Crippen LogP contribution in [0.2, 0.25) is 10.0 Å². The molecule has 0 heterocycles. The fraction of sp³-hybridized carbons (Fsp3) is 0.533. The van der Waals surface area contributed by atoms with Crippen molar-refractivity contribution in [1.29, 1.82) is 0 Å². The molecule has 0 spiro atoms. The second-order valence-corrected chi connectivity index (χ2v) is 5.68. The molecule has 0 bridgehead atoms. The summed E-state index contributed by atoms with van der Waals surface area (Å²) in [6, 6.07) is 5.34. The Hall–Kier alpha value is -0.770. The maximum Gasteiger partial charge on any atom is 0.222 e. The third kappa shape index (κ3) is 6.12. The fourth-order valence-corrected chi connectivity index (χ4v) is 2.42. The lowest BCUT2D eigenvalue weighted by Gasteiger charge is -2.17. The van der Waals surface area contributed by atoms with Gasteiger partial charge in [-0.25, -0.2) is 0 Å². The largest absolute Gasteiger partial charge is 0.396 e. The van der Waals surface area contributed by atoms with Gasteiger partial charge in [0.05, 0.1) is 0 Å². The van der Waals surface area contributed by atoms with E-state index in [2.05, 4.69) is 0 Å². The molecule has 0 saturated carbocycles. The number of carbonyl (C=O) groups is 1. The molecule has 0 aliphatic rings. The summed E-state index contributed by atoms with van der Waals surface area (Å²) >= 11 is 11.9. The Labute approximate surface area is 130 Å². The standard InChI is InChI=1S/C15H21Cl2NO2/c1-18(9-3-2-4-10-19)15(20)8-6-12-5-7-13(16)11-14(12)17/h5,7,11,19H,2-4,6,8-10H2,1H3. The van der Waals surface area contributed by atoms with Crippen LogP contribution in [0, 0.1) is 0 Å². The number of amides is 1. The lowest BCUT2D eigenvalue weighted by atomic mass is 10.1. The zero-order valence-corrected chi connectivity index (χ0v) is 13.3. The summed E-state index contributed by atoms with van der Waals surface area (Å²) in [6.45, 7) is 0.944. The molecule has 0 radical (unpaired) electrons. The predicted molar refractivity (Wildman–Crippen MR) is 83.4 cm³/mol. The van der Waals surface area contributed by atoms with Crippen molar-refractivity contribution >= 4 is 29.1 Å². The summed E-state index contributed by atoms with van der Waals surface area (Å²) in [7, 11) is 1.81. The zero-order chi connectivity index (χ0) is 15.0. The predicted octanol–water partition coefficient (Wildman–Crippen LogP) is 3.55. The van der Waals surface area contributed by atoms with Crippen molar-refractivity contribution in [2.24, 2.45) is 0 Å².